The summed E-state index contributed by atoms with van der Waals surface area (Å²) in [6.45, 7) is 0.585. The second-order valence-corrected chi connectivity index (χ2v) is 12.6. The Hall–Kier alpha value is -5.14. The predicted molar refractivity (Wildman–Crippen MR) is 185 cm³/mol. The normalized spacial score (nSPS) is 14.0. The Balaban J connectivity index is 1.24. The lowest BCUT2D eigenvalue weighted by molar-refractivity contribution is -0.130. The van der Waals surface area contributed by atoms with Crippen LogP contribution in [0.5, 0.6) is 17.2 Å². The summed E-state index contributed by atoms with van der Waals surface area (Å²) in [5, 5.41) is 20.7. The number of aromatic nitrogens is 3. The van der Waals surface area contributed by atoms with Crippen molar-refractivity contribution in [3.8, 4) is 17.2 Å². The third kappa shape index (κ3) is 7.06. The second-order valence-electron chi connectivity index (χ2n) is 10.7. The molecule has 1 aliphatic rings. The SMILES string of the molecule is COc1ccccc1C(=O)NCc1nnc(SCC(=O)N2N=C(c3cccs3)C[C@@H]2c2cccc(OC)c2OC)n1Cc1ccccc1. The van der Waals surface area contributed by atoms with Crippen molar-refractivity contribution >= 4 is 40.6 Å². The number of thioether (sulfide) groups is 1. The quantitative estimate of drug-likeness (QED) is 0.155. The van der Waals surface area contributed by atoms with Crippen molar-refractivity contribution in [1.82, 2.24) is 25.1 Å². The second kappa shape index (κ2) is 15.2. The van der Waals surface area contributed by atoms with Gasteiger partial charge < -0.3 is 24.1 Å². The first kappa shape index (κ1) is 32.8. The molecular formula is C35H34N6O5S2. The number of rotatable bonds is 13. The Kier molecular flexibility index (Phi) is 10.4. The van der Waals surface area contributed by atoms with Gasteiger partial charge in [-0.25, -0.2) is 5.01 Å². The van der Waals surface area contributed by atoms with Crippen LogP contribution in [-0.4, -0.2) is 64.4 Å². The summed E-state index contributed by atoms with van der Waals surface area (Å²) in [5.41, 5.74) is 3.09. The highest BCUT2D eigenvalue weighted by molar-refractivity contribution is 7.99. The standard InChI is InChI=1S/C35H34N6O5S2/c1-44-28-15-8-7-13-25(28)34(43)36-20-31-37-38-35(40(31)21-23-11-5-4-6-12-23)48-22-32(42)41-27(19-26(39-41)30-17-10-18-47-30)24-14-9-16-29(45-2)33(24)46-3/h4-18,27H,19-22H2,1-3H3,(H,36,43)/t27-/m1/s1. The number of benzene rings is 3. The molecule has 3 aromatic carbocycles. The highest BCUT2D eigenvalue weighted by Gasteiger charge is 2.36. The van der Waals surface area contributed by atoms with Crippen LogP contribution in [0.4, 0.5) is 0 Å². The topological polar surface area (TPSA) is 120 Å². The zero-order valence-electron chi connectivity index (χ0n) is 26.7. The van der Waals surface area contributed by atoms with Gasteiger partial charge in [0.25, 0.3) is 11.8 Å². The molecule has 1 aliphatic heterocycles. The van der Waals surface area contributed by atoms with Crippen molar-refractivity contribution in [1.29, 1.82) is 0 Å². The van der Waals surface area contributed by atoms with Crippen molar-refractivity contribution in [2.24, 2.45) is 5.10 Å². The summed E-state index contributed by atoms with van der Waals surface area (Å²) < 4.78 is 18.6. The Morgan fingerprint density at radius 1 is 0.896 bits per heavy atom. The molecule has 11 nitrogen and oxygen atoms in total. The van der Waals surface area contributed by atoms with Crippen LogP contribution in [0.3, 0.4) is 0 Å². The predicted octanol–water partition coefficient (Wildman–Crippen LogP) is 5.81. The van der Waals surface area contributed by atoms with E-state index in [2.05, 4.69) is 15.5 Å². The van der Waals surface area contributed by atoms with Crippen LogP contribution in [0, 0.1) is 0 Å². The zero-order chi connectivity index (χ0) is 33.5. The molecule has 246 valence electrons. The number of para-hydroxylation sites is 2. The third-order valence-electron chi connectivity index (χ3n) is 7.82. The van der Waals surface area contributed by atoms with E-state index in [-0.39, 0.29) is 30.2 Å². The molecule has 48 heavy (non-hydrogen) atoms. The summed E-state index contributed by atoms with van der Waals surface area (Å²) in [6.07, 6.45) is 0.528. The van der Waals surface area contributed by atoms with Crippen LogP contribution in [-0.2, 0) is 17.9 Å². The number of ether oxygens (including phenoxy) is 3. The number of thiophene rings is 1. The van der Waals surface area contributed by atoms with Gasteiger partial charge in [0.05, 0.1) is 62.4 Å². The molecule has 0 saturated heterocycles. The van der Waals surface area contributed by atoms with Crippen molar-refractivity contribution < 1.29 is 23.8 Å². The molecule has 0 saturated carbocycles. The first-order chi connectivity index (χ1) is 23.5. The average Bonchev–Trinajstić information content (AvgIpc) is 3.90. The Morgan fingerprint density at radius 3 is 2.42 bits per heavy atom. The van der Waals surface area contributed by atoms with Crippen LogP contribution in [0.1, 0.15) is 44.6 Å². The molecule has 1 N–H and O–H groups in total. The van der Waals surface area contributed by atoms with Gasteiger partial charge in [0.1, 0.15) is 5.75 Å². The molecule has 5 aromatic rings. The largest absolute Gasteiger partial charge is 0.496 e. The van der Waals surface area contributed by atoms with Gasteiger partial charge in [0, 0.05) is 12.0 Å². The molecule has 0 fully saturated rings. The van der Waals surface area contributed by atoms with Gasteiger partial charge in [-0.05, 0) is 35.2 Å². The first-order valence-corrected chi connectivity index (χ1v) is 17.0. The maximum atomic E-state index is 14.0. The molecular weight excluding hydrogens is 649 g/mol. The Bertz CT molecular complexity index is 1910. The molecule has 0 bridgehead atoms. The van der Waals surface area contributed by atoms with E-state index in [1.165, 1.54) is 18.9 Å². The molecule has 0 radical (unpaired) electrons. The Morgan fingerprint density at radius 2 is 1.67 bits per heavy atom. The first-order valence-electron chi connectivity index (χ1n) is 15.1. The molecule has 2 aromatic heterocycles. The van der Waals surface area contributed by atoms with E-state index in [4.69, 9.17) is 19.3 Å². The number of nitrogens with zero attached hydrogens (tertiary/aromatic N) is 5. The molecule has 1 atom stereocenters. The van der Waals surface area contributed by atoms with Crippen LogP contribution in [0.2, 0.25) is 0 Å². The minimum absolute atomic E-state index is 0.0600. The number of hydrogen-bond donors (Lipinski definition) is 1. The maximum absolute atomic E-state index is 14.0. The number of nitrogens with one attached hydrogen (secondary N) is 1. The minimum Gasteiger partial charge on any atom is -0.496 e. The smallest absolute Gasteiger partial charge is 0.255 e. The molecule has 6 rings (SSSR count). The zero-order valence-corrected chi connectivity index (χ0v) is 28.3. The summed E-state index contributed by atoms with van der Waals surface area (Å²) in [6, 6.07) is 26.2. The molecule has 0 spiro atoms. The fraction of sp³-hybridized carbons (Fsp3) is 0.229. The third-order valence-corrected chi connectivity index (χ3v) is 9.69. The summed E-state index contributed by atoms with van der Waals surface area (Å²) in [7, 11) is 4.71. The lowest BCUT2D eigenvalue weighted by Crippen LogP contribution is -2.29. The number of amides is 2. The van der Waals surface area contributed by atoms with Crippen LogP contribution in [0.25, 0.3) is 0 Å². The maximum Gasteiger partial charge on any atom is 0.255 e. The van der Waals surface area contributed by atoms with E-state index < -0.39 is 0 Å². The van der Waals surface area contributed by atoms with Gasteiger partial charge in [0.2, 0.25) is 0 Å². The van der Waals surface area contributed by atoms with E-state index in [9.17, 15) is 9.59 Å². The highest BCUT2D eigenvalue weighted by atomic mass is 32.2. The van der Waals surface area contributed by atoms with Crippen molar-refractivity contribution in [3.63, 3.8) is 0 Å². The van der Waals surface area contributed by atoms with E-state index >= 15 is 0 Å². The van der Waals surface area contributed by atoms with Gasteiger partial charge in [-0.15, -0.1) is 21.5 Å². The Labute approximate surface area is 286 Å². The van der Waals surface area contributed by atoms with Gasteiger partial charge in [-0.1, -0.05) is 72.4 Å². The molecule has 3 heterocycles. The number of hydrazone groups is 1. The highest BCUT2D eigenvalue weighted by Crippen LogP contribution is 2.42. The molecule has 0 aliphatic carbocycles. The van der Waals surface area contributed by atoms with Crippen LogP contribution >= 0.6 is 23.1 Å². The van der Waals surface area contributed by atoms with E-state index in [1.54, 1.807) is 48.8 Å². The van der Waals surface area contributed by atoms with Gasteiger partial charge >= 0.3 is 0 Å². The number of carbonyl (C=O) groups is 2. The molecule has 2 amide bonds. The lowest BCUT2D eigenvalue weighted by atomic mass is 9.99. The molecule has 13 heteroatoms. The van der Waals surface area contributed by atoms with Crippen LogP contribution < -0.4 is 19.5 Å². The summed E-state index contributed by atoms with van der Waals surface area (Å²) in [5.74, 6) is 1.76. The fourth-order valence-electron chi connectivity index (χ4n) is 5.51. The summed E-state index contributed by atoms with van der Waals surface area (Å²) in [4.78, 5) is 28.0. The number of carbonyl (C=O) groups excluding carboxylic acids is 2. The molecule has 0 unspecified atom stereocenters. The monoisotopic (exact) mass is 682 g/mol. The van der Waals surface area contributed by atoms with E-state index in [1.807, 2.05) is 76.7 Å². The van der Waals surface area contributed by atoms with Crippen molar-refractivity contribution in [2.75, 3.05) is 27.1 Å². The lowest BCUT2D eigenvalue weighted by Gasteiger charge is -2.24. The number of methoxy groups -OCH3 is 3. The van der Waals surface area contributed by atoms with Crippen LogP contribution in [0.15, 0.2) is 101 Å². The fourth-order valence-corrected chi connectivity index (χ4v) is 7.04. The van der Waals surface area contributed by atoms with E-state index in [0.717, 1.165) is 21.7 Å². The van der Waals surface area contributed by atoms with Gasteiger partial charge in [-0.2, -0.15) is 5.10 Å². The summed E-state index contributed by atoms with van der Waals surface area (Å²) >= 11 is 2.86. The van der Waals surface area contributed by atoms with Crippen molar-refractivity contribution in [3.05, 3.63) is 118 Å². The van der Waals surface area contributed by atoms with Crippen molar-refractivity contribution in [2.45, 2.75) is 30.7 Å². The number of hydrogen-bond acceptors (Lipinski definition) is 10. The van der Waals surface area contributed by atoms with Gasteiger partial charge in [0.15, 0.2) is 22.5 Å². The minimum atomic E-state index is -0.386. The van der Waals surface area contributed by atoms with Gasteiger partial charge in [-0.3, -0.25) is 9.59 Å². The van der Waals surface area contributed by atoms with E-state index in [0.29, 0.717) is 46.8 Å². The average molecular weight is 683 g/mol.